The summed E-state index contributed by atoms with van der Waals surface area (Å²) in [5.41, 5.74) is 1.51. The highest BCUT2D eigenvalue weighted by atomic mass is 19.2. The fraction of sp³-hybridized carbons (Fsp3) is 0.478. The second-order valence-corrected chi connectivity index (χ2v) is 7.49. The molecular weight excluding hydrogens is 365 g/mol. The lowest BCUT2D eigenvalue weighted by atomic mass is 9.81. The molecule has 0 aromatic heterocycles. The van der Waals surface area contributed by atoms with Crippen LogP contribution in [0.25, 0.3) is 0 Å². The van der Waals surface area contributed by atoms with Crippen molar-refractivity contribution in [2.24, 2.45) is 0 Å². The second-order valence-electron chi connectivity index (χ2n) is 7.49. The number of hydrogen-bond acceptors (Lipinski definition) is 2. The zero-order chi connectivity index (χ0) is 20.4. The monoisotopic (exact) mass is 392 g/mol. The lowest BCUT2D eigenvalue weighted by Crippen LogP contribution is -2.22. The molecule has 1 saturated carbocycles. The Morgan fingerprint density at radius 3 is 2.46 bits per heavy atom. The van der Waals surface area contributed by atoms with Gasteiger partial charge in [-0.05, 0) is 67.7 Å². The molecule has 1 aromatic carbocycles. The zero-order valence-corrected chi connectivity index (χ0v) is 16.5. The van der Waals surface area contributed by atoms with E-state index in [2.05, 4.69) is 13.2 Å². The molecule has 28 heavy (non-hydrogen) atoms. The highest BCUT2D eigenvalue weighted by Gasteiger charge is 2.32. The summed E-state index contributed by atoms with van der Waals surface area (Å²) >= 11 is 0. The fourth-order valence-corrected chi connectivity index (χ4v) is 4.00. The minimum absolute atomic E-state index is 0.0571. The fourth-order valence-electron chi connectivity index (χ4n) is 4.00. The van der Waals surface area contributed by atoms with Crippen LogP contribution in [0.4, 0.5) is 13.2 Å². The quantitative estimate of drug-likeness (QED) is 0.557. The molecule has 0 N–H and O–H groups in total. The molecule has 3 rings (SSSR count). The summed E-state index contributed by atoms with van der Waals surface area (Å²) in [7, 11) is 0. The Balaban J connectivity index is 1.91. The van der Waals surface area contributed by atoms with Gasteiger partial charge in [-0.3, -0.25) is 0 Å². The van der Waals surface area contributed by atoms with E-state index >= 15 is 0 Å². The third kappa shape index (κ3) is 3.90. The maximum absolute atomic E-state index is 14.8. The van der Waals surface area contributed by atoms with Crippen molar-refractivity contribution in [1.29, 1.82) is 0 Å². The largest absolute Gasteiger partial charge is 0.450 e. The van der Waals surface area contributed by atoms with Crippen LogP contribution in [-0.4, -0.2) is 12.7 Å². The van der Waals surface area contributed by atoms with Gasteiger partial charge in [0.15, 0.2) is 23.2 Å². The van der Waals surface area contributed by atoms with E-state index in [0.29, 0.717) is 29.7 Å². The zero-order valence-electron chi connectivity index (χ0n) is 16.5. The number of rotatable bonds is 5. The number of halogens is 3. The molecule has 0 spiro atoms. The summed E-state index contributed by atoms with van der Waals surface area (Å²) in [5, 5.41) is 0. The van der Waals surface area contributed by atoms with E-state index in [9.17, 15) is 13.2 Å². The first kappa shape index (κ1) is 20.7. The molecule has 0 radical (unpaired) electrons. The van der Waals surface area contributed by atoms with Gasteiger partial charge < -0.3 is 9.47 Å². The minimum Gasteiger partial charge on any atom is -0.450 e. The SMILES string of the molecule is C=C(CC)/C(F)=C1/Oc2c(cc(C3CCC(OCC)CC3)c(F)c2F)CC1=C. The van der Waals surface area contributed by atoms with Gasteiger partial charge in [-0.2, -0.15) is 4.39 Å². The van der Waals surface area contributed by atoms with Crippen LogP contribution in [0.15, 0.2) is 42.0 Å². The third-order valence-corrected chi connectivity index (χ3v) is 5.65. The minimum atomic E-state index is -1.06. The Hall–Kier alpha value is -2.01. The average Bonchev–Trinajstić information content (AvgIpc) is 2.70. The van der Waals surface area contributed by atoms with Gasteiger partial charge in [0, 0.05) is 18.6 Å². The van der Waals surface area contributed by atoms with E-state index in [1.807, 2.05) is 6.92 Å². The molecule has 5 heteroatoms. The molecule has 1 heterocycles. The molecule has 2 aliphatic rings. The topological polar surface area (TPSA) is 18.5 Å². The average molecular weight is 392 g/mol. The summed E-state index contributed by atoms with van der Waals surface area (Å²) in [4.78, 5) is 0. The van der Waals surface area contributed by atoms with Gasteiger partial charge in [0.05, 0.1) is 6.10 Å². The van der Waals surface area contributed by atoms with Gasteiger partial charge in [-0.1, -0.05) is 20.1 Å². The van der Waals surface area contributed by atoms with Crippen molar-refractivity contribution >= 4 is 0 Å². The van der Waals surface area contributed by atoms with Crippen LogP contribution < -0.4 is 4.74 Å². The van der Waals surface area contributed by atoms with Crippen molar-refractivity contribution < 1.29 is 22.6 Å². The Kier molecular flexibility index (Phi) is 6.33. The molecular formula is C23H27F3O2. The van der Waals surface area contributed by atoms with E-state index in [0.717, 1.165) is 25.7 Å². The molecule has 0 atom stereocenters. The van der Waals surface area contributed by atoms with Crippen LogP contribution >= 0.6 is 0 Å². The smallest absolute Gasteiger partial charge is 0.201 e. The first-order valence-corrected chi connectivity index (χ1v) is 9.93. The predicted octanol–water partition coefficient (Wildman–Crippen LogP) is 6.67. The molecule has 1 aliphatic carbocycles. The number of ether oxygens (including phenoxy) is 2. The Morgan fingerprint density at radius 1 is 1.18 bits per heavy atom. The summed E-state index contributed by atoms with van der Waals surface area (Å²) in [6.45, 7) is 11.9. The van der Waals surface area contributed by atoms with Gasteiger partial charge in [0.2, 0.25) is 5.82 Å². The summed E-state index contributed by atoms with van der Waals surface area (Å²) in [6, 6.07) is 1.66. The summed E-state index contributed by atoms with van der Waals surface area (Å²) in [5.74, 6) is -3.07. The van der Waals surface area contributed by atoms with E-state index in [4.69, 9.17) is 9.47 Å². The first-order valence-electron chi connectivity index (χ1n) is 9.93. The summed E-state index contributed by atoms with van der Waals surface area (Å²) in [6.07, 6.45) is 3.95. The van der Waals surface area contributed by atoms with Crippen molar-refractivity contribution in [2.75, 3.05) is 6.61 Å². The standard InChI is InChI=1S/C23H27F3O2/c1-5-13(3)19(24)22-14(4)11-16-12-18(20(25)21(26)23(16)28-22)15-7-9-17(10-8-15)27-6-2/h12,15,17H,3-11H2,1-2H3/b22-19-. The number of fused-ring (bicyclic) bond motifs is 1. The molecule has 1 aliphatic heterocycles. The van der Waals surface area contributed by atoms with Gasteiger partial charge in [-0.25, -0.2) is 8.78 Å². The van der Waals surface area contributed by atoms with Crippen LogP contribution in [0.3, 0.4) is 0 Å². The Bertz CT molecular complexity index is 818. The van der Waals surface area contributed by atoms with Crippen molar-refractivity contribution in [3.05, 3.63) is 64.7 Å². The number of benzene rings is 1. The highest BCUT2D eigenvalue weighted by molar-refractivity contribution is 5.51. The third-order valence-electron chi connectivity index (χ3n) is 5.65. The lowest BCUT2D eigenvalue weighted by molar-refractivity contribution is 0.0325. The van der Waals surface area contributed by atoms with Crippen molar-refractivity contribution in [3.63, 3.8) is 0 Å². The van der Waals surface area contributed by atoms with Gasteiger partial charge >= 0.3 is 0 Å². The van der Waals surface area contributed by atoms with Crippen LogP contribution in [0.5, 0.6) is 5.75 Å². The van der Waals surface area contributed by atoms with E-state index in [-0.39, 0.29) is 35.5 Å². The first-order chi connectivity index (χ1) is 13.4. The van der Waals surface area contributed by atoms with Gasteiger partial charge in [-0.15, -0.1) is 0 Å². The van der Waals surface area contributed by atoms with Gasteiger partial charge in [0.25, 0.3) is 0 Å². The van der Waals surface area contributed by atoms with Gasteiger partial charge in [0.1, 0.15) is 0 Å². The highest BCUT2D eigenvalue weighted by Crippen LogP contribution is 2.43. The van der Waals surface area contributed by atoms with E-state index in [1.165, 1.54) is 0 Å². The molecule has 0 unspecified atom stereocenters. The molecule has 0 bridgehead atoms. The molecule has 1 aromatic rings. The van der Waals surface area contributed by atoms with Crippen molar-refractivity contribution in [1.82, 2.24) is 0 Å². The lowest BCUT2D eigenvalue weighted by Gasteiger charge is -2.30. The normalized spacial score (nSPS) is 23.8. The Morgan fingerprint density at radius 2 is 1.86 bits per heavy atom. The van der Waals surface area contributed by atoms with E-state index in [1.54, 1.807) is 13.0 Å². The molecule has 0 amide bonds. The molecule has 1 fully saturated rings. The van der Waals surface area contributed by atoms with Crippen molar-refractivity contribution in [3.8, 4) is 5.75 Å². The second kappa shape index (κ2) is 8.56. The molecule has 152 valence electrons. The number of allylic oxidation sites excluding steroid dienone is 3. The van der Waals surface area contributed by atoms with E-state index < -0.39 is 17.5 Å². The van der Waals surface area contributed by atoms with Crippen LogP contribution in [0, 0.1) is 11.6 Å². The maximum Gasteiger partial charge on any atom is 0.201 e. The molecule has 0 saturated heterocycles. The molecule has 2 nitrogen and oxygen atoms in total. The number of hydrogen-bond donors (Lipinski definition) is 0. The predicted molar refractivity (Wildman–Crippen MR) is 104 cm³/mol. The van der Waals surface area contributed by atoms with Crippen molar-refractivity contribution in [2.45, 2.75) is 64.4 Å². The summed E-state index contributed by atoms with van der Waals surface area (Å²) < 4.78 is 55.2. The maximum atomic E-state index is 14.8. The Labute approximate surface area is 164 Å². The van der Waals surface area contributed by atoms with Crippen LogP contribution in [-0.2, 0) is 11.2 Å². The van der Waals surface area contributed by atoms with Crippen LogP contribution in [0.2, 0.25) is 0 Å². The van der Waals surface area contributed by atoms with Crippen LogP contribution in [0.1, 0.15) is 63.0 Å².